The number of carbonyl (C=O) groups excluding carboxylic acids is 1. The second-order valence-electron chi connectivity index (χ2n) is 5.58. The molecular weight excluding hydrogens is 250 g/mol. The first-order chi connectivity index (χ1) is 7.66. The fourth-order valence-electron chi connectivity index (χ4n) is 1.70. The summed E-state index contributed by atoms with van der Waals surface area (Å²) < 4.78 is 10.8. The van der Waals surface area contributed by atoms with Crippen LogP contribution in [0.5, 0.6) is 0 Å². The lowest BCUT2D eigenvalue weighted by Crippen LogP contribution is -2.42. The van der Waals surface area contributed by atoms with Gasteiger partial charge in [-0.25, -0.2) is 4.79 Å². The number of carbonyl (C=O) groups is 1. The Kier molecular flexibility index (Phi) is 6.73. The van der Waals surface area contributed by atoms with Crippen LogP contribution in [-0.4, -0.2) is 29.3 Å². The maximum Gasteiger partial charge on any atom is 0.411 e. The van der Waals surface area contributed by atoms with E-state index in [9.17, 15) is 4.79 Å². The molecule has 0 aliphatic heterocycles. The Labute approximate surface area is 107 Å². The third-order valence-electron chi connectivity index (χ3n) is 2.00. The maximum absolute atomic E-state index is 11.0. The van der Waals surface area contributed by atoms with Gasteiger partial charge in [0.15, 0.2) is 16.6 Å². The van der Waals surface area contributed by atoms with Crippen LogP contribution < -0.4 is 5.32 Å². The van der Waals surface area contributed by atoms with Crippen LogP contribution >= 0.6 is 0 Å². The average molecular weight is 275 g/mol. The summed E-state index contributed by atoms with van der Waals surface area (Å²) in [6.45, 7) is 15.0. The lowest BCUT2D eigenvalue weighted by Gasteiger charge is -2.31. The third kappa shape index (κ3) is 10.3. The van der Waals surface area contributed by atoms with E-state index in [2.05, 4.69) is 49.4 Å². The van der Waals surface area contributed by atoms with E-state index >= 15 is 0 Å². The highest BCUT2D eigenvalue weighted by atomic mass is 28.4. The molecule has 0 aliphatic rings. The second-order valence-corrected chi connectivity index (χ2v) is 14.6. The molecule has 0 unspecified atom stereocenters. The Morgan fingerprint density at radius 3 is 2.35 bits per heavy atom. The van der Waals surface area contributed by atoms with Crippen molar-refractivity contribution in [3.8, 4) is 0 Å². The van der Waals surface area contributed by atoms with E-state index in [0.717, 1.165) is 18.7 Å². The van der Waals surface area contributed by atoms with Gasteiger partial charge < -0.3 is 14.2 Å². The Hall–Kier alpha value is -0.596. The van der Waals surface area contributed by atoms with Crippen LogP contribution in [0.2, 0.25) is 38.8 Å². The Bertz CT molecular complexity index is 262. The molecule has 6 heteroatoms. The summed E-state index contributed by atoms with van der Waals surface area (Å²) >= 11 is 0. The maximum atomic E-state index is 11.0. The highest BCUT2D eigenvalue weighted by Crippen LogP contribution is 2.19. The summed E-state index contributed by atoms with van der Waals surface area (Å²) in [5.41, 5.74) is 0. The summed E-state index contributed by atoms with van der Waals surface area (Å²) in [6.07, 6.45) is 1.61. The van der Waals surface area contributed by atoms with Crippen LogP contribution in [0.1, 0.15) is 6.42 Å². The van der Waals surface area contributed by atoms with Crippen LogP contribution in [0.3, 0.4) is 0 Å². The summed E-state index contributed by atoms with van der Waals surface area (Å²) in [5.74, 6) is 0. The fraction of sp³-hybridized carbons (Fsp3) is 0.727. The van der Waals surface area contributed by atoms with Crippen molar-refractivity contribution >= 4 is 22.7 Å². The van der Waals surface area contributed by atoms with E-state index in [1.807, 2.05) is 0 Å². The van der Waals surface area contributed by atoms with Crippen molar-refractivity contribution < 1.29 is 13.6 Å². The third-order valence-corrected chi connectivity index (χ3v) is 8.22. The van der Waals surface area contributed by atoms with Gasteiger partial charge in [0.2, 0.25) is 0 Å². The number of alkyl carbamates (subject to hydrolysis) is 1. The smallest absolute Gasteiger partial charge is 0.411 e. The molecule has 0 radical (unpaired) electrons. The minimum Gasteiger partial charge on any atom is -0.456 e. The Morgan fingerprint density at radius 2 is 1.88 bits per heavy atom. The summed E-state index contributed by atoms with van der Waals surface area (Å²) in [4.78, 5) is 11.0. The van der Waals surface area contributed by atoms with Crippen LogP contribution in [0, 0.1) is 0 Å². The van der Waals surface area contributed by atoms with E-state index in [1.54, 1.807) is 0 Å². The zero-order valence-corrected chi connectivity index (χ0v) is 13.6. The number of amides is 1. The van der Waals surface area contributed by atoms with Crippen molar-refractivity contribution in [1.29, 1.82) is 0 Å². The Morgan fingerprint density at radius 1 is 1.29 bits per heavy atom. The van der Waals surface area contributed by atoms with E-state index in [1.165, 1.54) is 0 Å². The quantitative estimate of drug-likeness (QED) is 0.440. The largest absolute Gasteiger partial charge is 0.456 e. The molecule has 0 spiro atoms. The van der Waals surface area contributed by atoms with Crippen LogP contribution in [0.25, 0.3) is 0 Å². The first-order valence-corrected chi connectivity index (χ1v) is 12.4. The highest BCUT2D eigenvalue weighted by molar-refractivity contribution is 6.84. The number of rotatable bonds is 7. The normalized spacial score (nSPS) is 12.1. The molecule has 100 valence electrons. The molecular formula is C11H25NO3Si2. The van der Waals surface area contributed by atoms with E-state index in [-0.39, 0.29) is 0 Å². The number of hydrogen-bond acceptors (Lipinski definition) is 3. The van der Waals surface area contributed by atoms with Gasteiger partial charge in [0.25, 0.3) is 0 Å². The van der Waals surface area contributed by atoms with Crippen molar-refractivity contribution in [2.45, 2.75) is 45.2 Å². The Balaban J connectivity index is 3.80. The van der Waals surface area contributed by atoms with E-state index in [0.29, 0.717) is 6.54 Å². The molecule has 0 aromatic rings. The standard InChI is InChI=1S/C11H25NO3Si2/c1-7-14-11(13)12-9-8-10-17(5,6)15-16(2,3)4/h7H,1,8-10H2,2-6H3,(H,12,13). The number of hydrogen-bond donors (Lipinski definition) is 1. The predicted octanol–water partition coefficient (Wildman–Crippen LogP) is 3.30. The molecule has 0 rings (SSSR count). The van der Waals surface area contributed by atoms with Gasteiger partial charge in [-0.15, -0.1) is 0 Å². The van der Waals surface area contributed by atoms with E-state index < -0.39 is 22.7 Å². The molecule has 0 saturated heterocycles. The molecule has 0 aliphatic carbocycles. The molecule has 0 fully saturated rings. The van der Waals surface area contributed by atoms with Crippen LogP contribution in [-0.2, 0) is 8.85 Å². The number of ether oxygens (including phenoxy) is 1. The fourth-order valence-corrected chi connectivity index (χ4v) is 9.77. The van der Waals surface area contributed by atoms with Crippen LogP contribution in [0.4, 0.5) is 4.79 Å². The molecule has 0 atom stereocenters. The van der Waals surface area contributed by atoms with Gasteiger partial charge in [0.1, 0.15) is 0 Å². The van der Waals surface area contributed by atoms with Crippen molar-refractivity contribution in [3.05, 3.63) is 12.8 Å². The SMILES string of the molecule is C=COC(=O)NCCC[Si](C)(C)O[Si](C)(C)C. The molecule has 0 bridgehead atoms. The van der Waals surface area contributed by atoms with Gasteiger partial charge in [-0.3, -0.25) is 0 Å². The second kappa shape index (κ2) is 6.98. The first-order valence-electron chi connectivity index (χ1n) is 5.92. The molecule has 1 amide bonds. The predicted molar refractivity (Wildman–Crippen MR) is 76.0 cm³/mol. The minimum atomic E-state index is -1.58. The molecule has 0 saturated carbocycles. The van der Waals surface area contributed by atoms with Crippen molar-refractivity contribution in [3.63, 3.8) is 0 Å². The summed E-state index contributed by atoms with van der Waals surface area (Å²) in [6, 6.07) is 1.05. The topological polar surface area (TPSA) is 47.6 Å². The van der Waals surface area contributed by atoms with Crippen molar-refractivity contribution in [1.82, 2.24) is 5.32 Å². The van der Waals surface area contributed by atoms with E-state index in [4.69, 9.17) is 4.12 Å². The average Bonchev–Trinajstić information content (AvgIpc) is 2.09. The first kappa shape index (κ1) is 16.4. The van der Waals surface area contributed by atoms with Crippen molar-refractivity contribution in [2.24, 2.45) is 0 Å². The monoisotopic (exact) mass is 275 g/mol. The van der Waals surface area contributed by atoms with Gasteiger partial charge in [0, 0.05) is 6.54 Å². The molecule has 0 aromatic carbocycles. The van der Waals surface area contributed by atoms with Gasteiger partial charge in [-0.2, -0.15) is 0 Å². The van der Waals surface area contributed by atoms with Gasteiger partial charge >= 0.3 is 6.09 Å². The summed E-state index contributed by atoms with van der Waals surface area (Å²) in [5, 5.41) is 2.66. The summed E-state index contributed by atoms with van der Waals surface area (Å²) in [7, 11) is -3.03. The molecule has 0 heterocycles. The molecule has 1 N–H and O–H groups in total. The lowest BCUT2D eigenvalue weighted by atomic mass is 10.5. The minimum absolute atomic E-state index is 0.439. The molecule has 0 aromatic heterocycles. The zero-order chi connectivity index (χ0) is 13.5. The van der Waals surface area contributed by atoms with Crippen molar-refractivity contribution in [2.75, 3.05) is 6.54 Å². The van der Waals surface area contributed by atoms with Crippen LogP contribution in [0.15, 0.2) is 12.8 Å². The number of nitrogens with one attached hydrogen (secondary N) is 1. The van der Waals surface area contributed by atoms with Gasteiger partial charge in [0.05, 0.1) is 6.26 Å². The molecule has 17 heavy (non-hydrogen) atoms. The van der Waals surface area contributed by atoms with Gasteiger partial charge in [-0.1, -0.05) is 6.58 Å². The molecule has 4 nitrogen and oxygen atoms in total. The van der Waals surface area contributed by atoms with Gasteiger partial charge in [-0.05, 0) is 45.2 Å². The highest BCUT2D eigenvalue weighted by Gasteiger charge is 2.28. The zero-order valence-electron chi connectivity index (χ0n) is 11.6. The lowest BCUT2D eigenvalue weighted by molar-refractivity contribution is 0.186.